The molecule has 5 rings (SSSR count). The minimum Gasteiger partial charge on any atom is -0.497 e. The first kappa shape index (κ1) is 30.6. The van der Waals surface area contributed by atoms with E-state index in [1.165, 1.54) is 62.1 Å². The highest BCUT2D eigenvalue weighted by Gasteiger charge is 2.58. The Bertz CT molecular complexity index is 1650. The maximum Gasteiger partial charge on any atom is 0.356 e. The topological polar surface area (TPSA) is 155 Å². The number of β-lactam (4-membered cyclic amide) rings is 1. The van der Waals surface area contributed by atoms with Gasteiger partial charge in [0.25, 0.3) is 5.69 Å². The summed E-state index contributed by atoms with van der Waals surface area (Å²) in [6.07, 6.45) is -0.941. The van der Waals surface area contributed by atoms with Gasteiger partial charge in [-0.15, -0.1) is 0 Å². The van der Waals surface area contributed by atoms with Crippen LogP contribution in [0.5, 0.6) is 11.5 Å². The molecular weight excluding hydrogens is 592 g/mol. The number of aliphatic hydroxyl groups is 1. The van der Waals surface area contributed by atoms with Crippen molar-refractivity contribution in [3.8, 4) is 11.5 Å². The largest absolute Gasteiger partial charge is 0.497 e. The molecule has 0 aromatic heterocycles. The number of non-ortho nitro benzene ring substituents is 1. The number of aliphatic hydroxyl groups excluding tert-OH is 1. The fourth-order valence-electron chi connectivity index (χ4n) is 4.89. The molecule has 3 aromatic carbocycles. The fraction of sp³-hybridized carbons (Fsp3) is 0.258. The quantitative estimate of drug-likeness (QED) is 0.141. The standard InChI is InChI=1S/C31H28N2O10S/c1-17(34)25-28(35)32-26(31(37)42-15-18-7-10-22(11-8-18)33(38)39)27(44-29(25)32)19-5-4-6-20(13-19)30(36)43-16-21-9-12-23(40-2)14-24(21)41-3/h4-14,17,25,29,34H,15-16H2,1-3H3/t17-,25+,29-/m1/s1. The number of hydrogen-bond donors (Lipinski definition) is 1. The van der Waals surface area contributed by atoms with E-state index in [0.29, 0.717) is 33.1 Å². The SMILES string of the molecule is COc1ccc(COC(=O)c2cccc(C3=C(C(=O)OCc4ccc([N+](=O)[O-])cc4)N4C(=O)[C@H]([C@@H](C)O)[C@H]4S3)c2)c(OC)c1. The smallest absolute Gasteiger partial charge is 0.356 e. The summed E-state index contributed by atoms with van der Waals surface area (Å²) < 4.78 is 21.6. The van der Waals surface area contributed by atoms with Gasteiger partial charge in [0, 0.05) is 28.7 Å². The van der Waals surface area contributed by atoms with Crippen molar-refractivity contribution in [3.63, 3.8) is 0 Å². The fourth-order valence-corrected chi connectivity index (χ4v) is 6.50. The van der Waals surface area contributed by atoms with Gasteiger partial charge in [0.05, 0.1) is 36.7 Å². The van der Waals surface area contributed by atoms with Crippen LogP contribution in [-0.2, 0) is 32.3 Å². The second-order valence-electron chi connectivity index (χ2n) is 10.00. The van der Waals surface area contributed by atoms with E-state index in [-0.39, 0.29) is 30.2 Å². The monoisotopic (exact) mass is 620 g/mol. The molecule has 3 aromatic rings. The first-order chi connectivity index (χ1) is 21.1. The van der Waals surface area contributed by atoms with Crippen molar-refractivity contribution in [1.82, 2.24) is 4.90 Å². The van der Waals surface area contributed by atoms with E-state index in [4.69, 9.17) is 18.9 Å². The molecule has 2 aliphatic rings. The Morgan fingerprint density at radius 1 is 1.00 bits per heavy atom. The van der Waals surface area contributed by atoms with E-state index >= 15 is 0 Å². The number of fused-ring (bicyclic) bond motifs is 1. The van der Waals surface area contributed by atoms with Crippen LogP contribution in [0.25, 0.3) is 4.91 Å². The van der Waals surface area contributed by atoms with Gasteiger partial charge in [-0.25, -0.2) is 9.59 Å². The molecule has 0 unspecified atom stereocenters. The number of carbonyl (C=O) groups is 3. The molecule has 0 radical (unpaired) electrons. The van der Waals surface area contributed by atoms with Crippen LogP contribution >= 0.6 is 11.8 Å². The molecule has 44 heavy (non-hydrogen) atoms. The molecule has 0 saturated carbocycles. The average molecular weight is 621 g/mol. The number of benzene rings is 3. The molecule has 1 fully saturated rings. The number of amides is 1. The molecule has 2 aliphatic heterocycles. The summed E-state index contributed by atoms with van der Waals surface area (Å²) in [7, 11) is 3.04. The van der Waals surface area contributed by atoms with Gasteiger partial charge in [0.15, 0.2) is 0 Å². The van der Waals surface area contributed by atoms with E-state index in [2.05, 4.69) is 0 Å². The first-order valence-electron chi connectivity index (χ1n) is 13.4. The lowest BCUT2D eigenvalue weighted by molar-refractivity contribution is -0.384. The highest BCUT2D eigenvalue weighted by molar-refractivity contribution is 8.09. The highest BCUT2D eigenvalue weighted by atomic mass is 32.2. The highest BCUT2D eigenvalue weighted by Crippen LogP contribution is 2.54. The lowest BCUT2D eigenvalue weighted by Crippen LogP contribution is -2.60. The molecule has 0 spiro atoms. The van der Waals surface area contributed by atoms with Crippen LogP contribution in [0, 0.1) is 16.0 Å². The summed E-state index contributed by atoms with van der Waals surface area (Å²) in [6.45, 7) is 1.26. The molecule has 1 N–H and O–H groups in total. The number of hydrogen-bond acceptors (Lipinski definition) is 11. The predicted octanol–water partition coefficient (Wildman–Crippen LogP) is 4.29. The average Bonchev–Trinajstić information content (AvgIpc) is 3.37. The number of nitro groups is 1. The van der Waals surface area contributed by atoms with Crippen LogP contribution in [0.1, 0.15) is 34.0 Å². The maximum atomic E-state index is 13.4. The van der Waals surface area contributed by atoms with Crippen LogP contribution < -0.4 is 9.47 Å². The van der Waals surface area contributed by atoms with E-state index in [9.17, 15) is 29.6 Å². The predicted molar refractivity (Wildman–Crippen MR) is 158 cm³/mol. The Hall–Kier alpha value is -4.88. The van der Waals surface area contributed by atoms with Crippen LogP contribution in [-0.4, -0.2) is 58.5 Å². The van der Waals surface area contributed by atoms with Crippen molar-refractivity contribution in [2.45, 2.75) is 31.6 Å². The number of nitro benzene ring substituents is 1. The van der Waals surface area contributed by atoms with Crippen molar-refractivity contribution in [2.75, 3.05) is 14.2 Å². The number of rotatable bonds is 11. The number of methoxy groups -OCH3 is 2. The summed E-state index contributed by atoms with van der Waals surface area (Å²) in [6, 6.07) is 17.2. The van der Waals surface area contributed by atoms with Gasteiger partial charge in [-0.1, -0.05) is 23.9 Å². The summed E-state index contributed by atoms with van der Waals surface area (Å²) in [4.78, 5) is 51.6. The van der Waals surface area contributed by atoms with Crippen molar-refractivity contribution in [1.29, 1.82) is 0 Å². The summed E-state index contributed by atoms with van der Waals surface area (Å²) >= 11 is 1.22. The molecule has 0 bridgehead atoms. The van der Waals surface area contributed by atoms with Gasteiger partial charge in [-0.05, 0) is 54.4 Å². The maximum absolute atomic E-state index is 13.4. The molecule has 3 atom stereocenters. The molecular formula is C31H28N2O10S. The third-order valence-corrected chi connectivity index (χ3v) is 8.63. The van der Waals surface area contributed by atoms with Gasteiger partial charge in [-0.3, -0.25) is 19.8 Å². The second-order valence-corrected chi connectivity index (χ2v) is 11.1. The van der Waals surface area contributed by atoms with Crippen molar-refractivity contribution < 1.29 is 43.4 Å². The van der Waals surface area contributed by atoms with Crippen LogP contribution in [0.3, 0.4) is 0 Å². The zero-order chi connectivity index (χ0) is 31.5. The molecule has 13 heteroatoms. The Kier molecular flexibility index (Phi) is 8.88. The summed E-state index contributed by atoms with van der Waals surface area (Å²) in [5.41, 5.74) is 1.75. The van der Waals surface area contributed by atoms with E-state index in [1.54, 1.807) is 42.5 Å². The zero-order valence-corrected chi connectivity index (χ0v) is 24.7. The lowest BCUT2D eigenvalue weighted by atomic mass is 9.92. The van der Waals surface area contributed by atoms with Crippen LogP contribution in [0.15, 0.2) is 72.4 Å². The van der Waals surface area contributed by atoms with Gasteiger partial charge >= 0.3 is 11.9 Å². The number of carbonyl (C=O) groups excluding carboxylic acids is 3. The van der Waals surface area contributed by atoms with Gasteiger partial charge in [0.2, 0.25) is 5.91 Å². The van der Waals surface area contributed by atoms with Gasteiger partial charge < -0.3 is 24.1 Å². The third kappa shape index (κ3) is 5.96. The van der Waals surface area contributed by atoms with Crippen molar-refractivity contribution >= 4 is 40.2 Å². The Labute approximate surface area is 256 Å². The minimum atomic E-state index is -0.941. The van der Waals surface area contributed by atoms with E-state index in [0.717, 1.165) is 0 Å². The van der Waals surface area contributed by atoms with Gasteiger partial charge in [-0.2, -0.15) is 0 Å². The van der Waals surface area contributed by atoms with E-state index in [1.807, 2.05) is 0 Å². The molecule has 12 nitrogen and oxygen atoms in total. The Morgan fingerprint density at radius 3 is 2.39 bits per heavy atom. The van der Waals surface area contributed by atoms with Crippen molar-refractivity contribution in [2.24, 2.45) is 5.92 Å². The van der Waals surface area contributed by atoms with Crippen LogP contribution in [0.4, 0.5) is 5.69 Å². The molecule has 228 valence electrons. The normalized spacial score (nSPS) is 17.8. The molecule has 0 aliphatic carbocycles. The van der Waals surface area contributed by atoms with E-state index < -0.39 is 40.2 Å². The van der Waals surface area contributed by atoms with Crippen molar-refractivity contribution in [3.05, 3.63) is 105 Å². The Balaban J connectivity index is 1.38. The Morgan fingerprint density at radius 2 is 1.73 bits per heavy atom. The molecule has 1 amide bonds. The number of esters is 2. The third-order valence-electron chi connectivity index (χ3n) is 7.22. The molecule has 2 heterocycles. The zero-order valence-electron chi connectivity index (χ0n) is 23.9. The van der Waals surface area contributed by atoms with Gasteiger partial charge in [0.1, 0.15) is 35.8 Å². The summed E-state index contributed by atoms with van der Waals surface area (Å²) in [5.74, 6) is -1.45. The number of thioether (sulfide) groups is 1. The minimum absolute atomic E-state index is 0.00250. The second kappa shape index (κ2) is 12.8. The summed E-state index contributed by atoms with van der Waals surface area (Å²) in [5, 5.41) is 20.6. The van der Waals surface area contributed by atoms with Crippen LogP contribution in [0.2, 0.25) is 0 Å². The first-order valence-corrected chi connectivity index (χ1v) is 14.3. The lowest BCUT2D eigenvalue weighted by Gasteiger charge is -2.43. The molecule has 1 saturated heterocycles. The number of ether oxygens (including phenoxy) is 4. The number of nitrogens with zero attached hydrogens (tertiary/aromatic N) is 2.